The Morgan fingerprint density at radius 1 is 1.43 bits per heavy atom. The van der Waals surface area contributed by atoms with E-state index in [9.17, 15) is 4.79 Å². The minimum atomic E-state index is -0.0783. The zero-order chi connectivity index (χ0) is 15.2. The average Bonchev–Trinajstić information content (AvgIpc) is 2.72. The van der Waals surface area contributed by atoms with Crippen molar-refractivity contribution in [1.29, 1.82) is 0 Å². The molecule has 0 saturated carbocycles. The van der Waals surface area contributed by atoms with Gasteiger partial charge in [0.05, 0.1) is 24.1 Å². The first-order valence-electron chi connectivity index (χ1n) is 7.03. The number of hydrogen-bond donors (Lipinski definition) is 1. The van der Waals surface area contributed by atoms with Crippen LogP contribution in [0.5, 0.6) is 0 Å². The summed E-state index contributed by atoms with van der Waals surface area (Å²) in [6.07, 6.45) is 2.37. The summed E-state index contributed by atoms with van der Waals surface area (Å²) in [5, 5.41) is 0.282. The van der Waals surface area contributed by atoms with E-state index >= 15 is 0 Å². The van der Waals surface area contributed by atoms with Crippen LogP contribution in [0.4, 0.5) is 5.69 Å². The fraction of sp³-hybridized carbons (Fsp3) is 0.571. The molecule has 0 unspecified atom stereocenters. The van der Waals surface area contributed by atoms with Crippen LogP contribution in [0.1, 0.15) is 16.8 Å². The van der Waals surface area contributed by atoms with Gasteiger partial charge in [-0.3, -0.25) is 9.69 Å². The highest BCUT2D eigenvalue weighted by Gasteiger charge is 2.22. The van der Waals surface area contributed by atoms with Crippen molar-refractivity contribution in [3.8, 4) is 0 Å². The second kappa shape index (κ2) is 7.59. The number of methoxy groups -OCH3 is 1. The Bertz CT molecular complexity index is 498. The van der Waals surface area contributed by atoms with Gasteiger partial charge in [0, 0.05) is 33.3 Å². The van der Waals surface area contributed by atoms with Crippen molar-refractivity contribution in [2.24, 2.45) is 0 Å². The lowest BCUT2D eigenvalue weighted by atomic mass is 10.2. The molecule has 1 saturated heterocycles. The van der Waals surface area contributed by atoms with Crippen LogP contribution in [-0.4, -0.2) is 67.1 Å². The van der Waals surface area contributed by atoms with Crippen LogP contribution >= 0.6 is 11.6 Å². The Morgan fingerprint density at radius 3 is 3.00 bits per heavy atom. The van der Waals surface area contributed by atoms with Gasteiger partial charge in [0.2, 0.25) is 0 Å². The highest BCUT2D eigenvalue weighted by molar-refractivity contribution is 6.29. The number of ether oxygens (including phenoxy) is 1. The molecular weight excluding hydrogens is 292 g/mol. The lowest BCUT2D eigenvalue weighted by molar-refractivity contribution is 0.0760. The van der Waals surface area contributed by atoms with Crippen molar-refractivity contribution < 1.29 is 9.53 Å². The van der Waals surface area contributed by atoms with Gasteiger partial charge in [0.15, 0.2) is 0 Å². The van der Waals surface area contributed by atoms with Crippen molar-refractivity contribution in [2.45, 2.75) is 6.42 Å². The van der Waals surface area contributed by atoms with Gasteiger partial charge < -0.3 is 15.4 Å². The van der Waals surface area contributed by atoms with Crippen LogP contribution in [0.15, 0.2) is 12.3 Å². The molecule has 0 aliphatic carbocycles. The zero-order valence-electron chi connectivity index (χ0n) is 12.2. The molecule has 1 aromatic rings. The minimum absolute atomic E-state index is 0.0783. The Labute approximate surface area is 129 Å². The highest BCUT2D eigenvalue weighted by Crippen LogP contribution is 2.18. The molecule has 0 radical (unpaired) electrons. The third-order valence-electron chi connectivity index (χ3n) is 3.62. The van der Waals surface area contributed by atoms with Crippen LogP contribution in [0.3, 0.4) is 0 Å². The maximum Gasteiger partial charge on any atom is 0.256 e. The second-order valence-corrected chi connectivity index (χ2v) is 5.46. The fourth-order valence-electron chi connectivity index (χ4n) is 2.41. The predicted octanol–water partition coefficient (Wildman–Crippen LogP) is 1.11. The molecule has 1 amide bonds. The highest BCUT2D eigenvalue weighted by atomic mass is 35.5. The van der Waals surface area contributed by atoms with Gasteiger partial charge in [0.25, 0.3) is 5.91 Å². The van der Waals surface area contributed by atoms with Crippen LogP contribution < -0.4 is 5.73 Å². The first-order valence-corrected chi connectivity index (χ1v) is 7.41. The number of nitrogen functional groups attached to an aromatic ring is 1. The number of amides is 1. The standard InChI is InChI=1S/C14H21ClN4O2/c1-21-8-7-18-3-2-4-19(6-5-18)14(20)11-9-13(15)17-10-12(11)16/h9-10H,2-8,16H2,1H3. The number of nitrogens with zero attached hydrogens (tertiary/aromatic N) is 3. The number of rotatable bonds is 4. The molecule has 2 rings (SSSR count). The molecule has 21 heavy (non-hydrogen) atoms. The molecule has 1 aliphatic rings. The minimum Gasteiger partial charge on any atom is -0.397 e. The number of anilines is 1. The SMILES string of the molecule is COCCN1CCCN(C(=O)c2cc(Cl)ncc2N)CC1. The lowest BCUT2D eigenvalue weighted by Crippen LogP contribution is -2.36. The van der Waals surface area contributed by atoms with E-state index < -0.39 is 0 Å². The van der Waals surface area contributed by atoms with Gasteiger partial charge >= 0.3 is 0 Å². The van der Waals surface area contributed by atoms with Crippen molar-refractivity contribution >= 4 is 23.2 Å². The van der Waals surface area contributed by atoms with E-state index in [0.29, 0.717) is 24.4 Å². The molecular formula is C14H21ClN4O2. The number of carbonyl (C=O) groups is 1. The molecule has 116 valence electrons. The average molecular weight is 313 g/mol. The molecule has 0 spiro atoms. The van der Waals surface area contributed by atoms with E-state index in [-0.39, 0.29) is 11.1 Å². The molecule has 6 nitrogen and oxygen atoms in total. The quantitative estimate of drug-likeness (QED) is 0.843. The number of hydrogen-bond acceptors (Lipinski definition) is 5. The summed E-state index contributed by atoms with van der Waals surface area (Å²) in [5.41, 5.74) is 6.63. The Morgan fingerprint density at radius 2 is 2.24 bits per heavy atom. The maximum atomic E-state index is 12.6. The molecule has 0 atom stereocenters. The summed E-state index contributed by atoms with van der Waals surface area (Å²) < 4.78 is 5.10. The molecule has 1 aliphatic heterocycles. The molecule has 1 aromatic heterocycles. The number of nitrogens with two attached hydrogens (primary N) is 1. The van der Waals surface area contributed by atoms with Crippen molar-refractivity contribution in [3.63, 3.8) is 0 Å². The topological polar surface area (TPSA) is 71.7 Å². The number of carbonyl (C=O) groups excluding carboxylic acids is 1. The largest absolute Gasteiger partial charge is 0.397 e. The molecule has 2 N–H and O–H groups in total. The van der Waals surface area contributed by atoms with Gasteiger partial charge in [-0.25, -0.2) is 4.98 Å². The van der Waals surface area contributed by atoms with E-state index in [1.165, 1.54) is 12.3 Å². The summed E-state index contributed by atoms with van der Waals surface area (Å²) in [7, 11) is 1.70. The summed E-state index contributed by atoms with van der Waals surface area (Å²) in [4.78, 5) is 20.6. The van der Waals surface area contributed by atoms with E-state index in [1.807, 2.05) is 4.90 Å². The smallest absolute Gasteiger partial charge is 0.256 e. The Kier molecular flexibility index (Phi) is 5.78. The van der Waals surface area contributed by atoms with Gasteiger partial charge in [-0.05, 0) is 19.0 Å². The first kappa shape index (κ1) is 16.0. The third kappa shape index (κ3) is 4.30. The van der Waals surface area contributed by atoms with Crippen LogP contribution in [0.25, 0.3) is 0 Å². The van der Waals surface area contributed by atoms with Crippen molar-refractivity contribution in [3.05, 3.63) is 23.0 Å². The van der Waals surface area contributed by atoms with Gasteiger partial charge in [-0.2, -0.15) is 0 Å². The van der Waals surface area contributed by atoms with Crippen LogP contribution in [-0.2, 0) is 4.74 Å². The van der Waals surface area contributed by atoms with Crippen LogP contribution in [0.2, 0.25) is 5.15 Å². The molecule has 2 heterocycles. The summed E-state index contributed by atoms with van der Waals surface area (Å²) in [5.74, 6) is -0.0783. The van der Waals surface area contributed by atoms with Gasteiger partial charge in [0.1, 0.15) is 5.15 Å². The van der Waals surface area contributed by atoms with E-state index in [4.69, 9.17) is 22.1 Å². The van der Waals surface area contributed by atoms with E-state index in [2.05, 4.69) is 9.88 Å². The number of pyridine rings is 1. The van der Waals surface area contributed by atoms with Crippen LogP contribution in [0, 0.1) is 0 Å². The maximum absolute atomic E-state index is 12.6. The Balaban J connectivity index is 2.01. The summed E-state index contributed by atoms with van der Waals surface area (Å²) >= 11 is 5.85. The fourth-order valence-corrected chi connectivity index (χ4v) is 2.57. The molecule has 7 heteroatoms. The monoisotopic (exact) mass is 312 g/mol. The zero-order valence-corrected chi connectivity index (χ0v) is 13.0. The van der Waals surface area contributed by atoms with Gasteiger partial charge in [-0.1, -0.05) is 11.6 Å². The Hall–Kier alpha value is -1.37. The lowest BCUT2D eigenvalue weighted by Gasteiger charge is -2.22. The molecule has 0 aromatic carbocycles. The molecule has 1 fully saturated rings. The summed E-state index contributed by atoms with van der Waals surface area (Å²) in [6, 6.07) is 1.53. The molecule has 0 bridgehead atoms. The predicted molar refractivity (Wildman–Crippen MR) is 82.5 cm³/mol. The summed E-state index contributed by atoms with van der Waals surface area (Å²) in [6.45, 7) is 4.82. The van der Waals surface area contributed by atoms with E-state index in [0.717, 1.165) is 32.6 Å². The van der Waals surface area contributed by atoms with Crippen molar-refractivity contribution in [2.75, 3.05) is 52.2 Å². The van der Waals surface area contributed by atoms with Gasteiger partial charge in [-0.15, -0.1) is 0 Å². The number of halogens is 1. The normalized spacial score (nSPS) is 16.8. The first-order chi connectivity index (χ1) is 10.1. The second-order valence-electron chi connectivity index (χ2n) is 5.07. The van der Waals surface area contributed by atoms with Crippen molar-refractivity contribution in [1.82, 2.24) is 14.8 Å². The third-order valence-corrected chi connectivity index (χ3v) is 3.83. The van der Waals surface area contributed by atoms with E-state index in [1.54, 1.807) is 7.11 Å². The number of aromatic nitrogens is 1.